The smallest absolute Gasteiger partial charge is 0.315 e. The highest BCUT2D eigenvalue weighted by Gasteiger charge is 2.21. The Balaban J connectivity index is 4.03. The predicted octanol–water partition coefficient (Wildman–Crippen LogP) is 1.11. The lowest BCUT2D eigenvalue weighted by molar-refractivity contribution is -0.139. The van der Waals surface area contributed by atoms with Crippen LogP contribution in [0.4, 0.5) is 0 Å². The predicted molar refractivity (Wildman–Crippen MR) is 40.8 cm³/mol. The summed E-state index contributed by atoms with van der Waals surface area (Å²) in [6.45, 7) is 3.79. The zero-order valence-corrected chi connectivity index (χ0v) is 6.76. The van der Waals surface area contributed by atoms with Crippen molar-refractivity contribution in [3.8, 4) is 0 Å². The minimum Gasteiger partial charge on any atom is -0.481 e. The first-order valence-electron chi connectivity index (χ1n) is 3.57. The quantitative estimate of drug-likeness (QED) is 0.476. The molecule has 2 N–H and O–H groups in total. The zero-order chi connectivity index (χ0) is 8.85. The van der Waals surface area contributed by atoms with Crippen LogP contribution in [0.1, 0.15) is 20.3 Å². The van der Waals surface area contributed by atoms with E-state index < -0.39 is 11.9 Å². The maximum atomic E-state index is 10.4. The second-order valence-electron chi connectivity index (χ2n) is 2.10. The first-order chi connectivity index (χ1) is 5.13. The molecule has 1 atom stereocenters. The average Bonchev–Trinajstić information content (AvgIpc) is 1.88. The number of carboxylic acid groups (broad SMARTS) is 1. The number of hydrogen-bond acceptors (Lipinski definition) is 3. The molecule has 0 aromatic rings. The maximum Gasteiger partial charge on any atom is 0.315 e. The molecule has 11 heavy (non-hydrogen) atoms. The molecule has 0 spiro atoms. The molecule has 0 rings (SSSR count). The lowest BCUT2D eigenvalue weighted by Crippen LogP contribution is -2.24. The van der Waals surface area contributed by atoms with Gasteiger partial charge in [0.2, 0.25) is 0 Å². The third kappa shape index (κ3) is 3.02. The van der Waals surface area contributed by atoms with E-state index in [1.54, 1.807) is 13.8 Å². The van der Waals surface area contributed by atoms with Gasteiger partial charge in [-0.25, -0.2) is 0 Å². The van der Waals surface area contributed by atoms with E-state index >= 15 is 0 Å². The van der Waals surface area contributed by atoms with Gasteiger partial charge < -0.3 is 9.84 Å². The van der Waals surface area contributed by atoms with Gasteiger partial charge >= 0.3 is 5.97 Å². The van der Waals surface area contributed by atoms with E-state index in [-0.39, 0.29) is 5.90 Å². The lowest BCUT2D eigenvalue weighted by Gasteiger charge is -2.10. The highest BCUT2D eigenvalue weighted by molar-refractivity contribution is 5.95. The second-order valence-corrected chi connectivity index (χ2v) is 2.10. The van der Waals surface area contributed by atoms with Crippen molar-refractivity contribution in [2.45, 2.75) is 20.3 Å². The molecule has 0 heterocycles. The SMILES string of the molecule is CCOC(=N)C(CC)C(=O)O. The first-order valence-corrected chi connectivity index (χ1v) is 3.57. The maximum absolute atomic E-state index is 10.4. The molecule has 4 nitrogen and oxygen atoms in total. The van der Waals surface area contributed by atoms with E-state index in [0.717, 1.165) is 0 Å². The van der Waals surface area contributed by atoms with Crippen LogP contribution in [0.15, 0.2) is 0 Å². The summed E-state index contributed by atoms with van der Waals surface area (Å²) in [6.07, 6.45) is 0.397. The van der Waals surface area contributed by atoms with E-state index in [4.69, 9.17) is 15.3 Å². The van der Waals surface area contributed by atoms with Crippen LogP contribution in [0.3, 0.4) is 0 Å². The molecule has 0 radical (unpaired) electrons. The molecule has 0 aliphatic carbocycles. The van der Waals surface area contributed by atoms with Gasteiger partial charge in [0.25, 0.3) is 0 Å². The van der Waals surface area contributed by atoms with Crippen molar-refractivity contribution in [2.75, 3.05) is 6.61 Å². The van der Waals surface area contributed by atoms with Crippen molar-refractivity contribution in [1.82, 2.24) is 0 Å². The van der Waals surface area contributed by atoms with Gasteiger partial charge in [0.15, 0.2) is 5.90 Å². The van der Waals surface area contributed by atoms with E-state index in [0.29, 0.717) is 13.0 Å². The van der Waals surface area contributed by atoms with Crippen molar-refractivity contribution < 1.29 is 14.6 Å². The van der Waals surface area contributed by atoms with Crippen molar-refractivity contribution >= 4 is 11.9 Å². The molecule has 64 valence electrons. The summed E-state index contributed by atoms with van der Waals surface area (Å²) in [7, 11) is 0. The highest BCUT2D eigenvalue weighted by atomic mass is 16.5. The van der Waals surface area contributed by atoms with Crippen LogP contribution in [0.2, 0.25) is 0 Å². The van der Waals surface area contributed by atoms with Crippen LogP contribution in [0.5, 0.6) is 0 Å². The summed E-state index contributed by atoms with van der Waals surface area (Å²) >= 11 is 0. The number of aliphatic carboxylic acids is 1. The number of ether oxygens (including phenoxy) is 1. The Morgan fingerprint density at radius 2 is 2.18 bits per heavy atom. The van der Waals surface area contributed by atoms with E-state index in [1.165, 1.54) is 0 Å². The molecule has 0 aliphatic rings. The van der Waals surface area contributed by atoms with Crippen LogP contribution in [-0.4, -0.2) is 23.6 Å². The van der Waals surface area contributed by atoms with Crippen LogP contribution in [0.25, 0.3) is 0 Å². The molecule has 1 unspecified atom stereocenters. The molecule has 0 fully saturated rings. The summed E-state index contributed by atoms with van der Waals surface area (Å²) < 4.78 is 4.76. The number of hydrogen-bond donors (Lipinski definition) is 2. The fraction of sp³-hybridized carbons (Fsp3) is 0.714. The molecule has 0 aliphatic heterocycles. The number of nitrogens with one attached hydrogen (secondary N) is 1. The molecular weight excluding hydrogens is 146 g/mol. The fourth-order valence-corrected chi connectivity index (χ4v) is 0.728. The standard InChI is InChI=1S/C7H13NO3/c1-3-5(7(9)10)6(8)11-4-2/h5,8H,3-4H2,1-2H3,(H,9,10). The summed E-state index contributed by atoms with van der Waals surface area (Å²) in [5, 5.41) is 15.7. The monoisotopic (exact) mass is 159 g/mol. The highest BCUT2D eigenvalue weighted by Crippen LogP contribution is 2.05. The Morgan fingerprint density at radius 3 is 2.45 bits per heavy atom. The largest absolute Gasteiger partial charge is 0.481 e. The van der Waals surface area contributed by atoms with Crippen LogP contribution < -0.4 is 0 Å². The van der Waals surface area contributed by atoms with Crippen molar-refractivity contribution in [3.63, 3.8) is 0 Å². The van der Waals surface area contributed by atoms with E-state index in [2.05, 4.69) is 0 Å². The summed E-state index contributed by atoms with van der Waals surface area (Å²) in [6, 6.07) is 0. The van der Waals surface area contributed by atoms with Gasteiger partial charge in [-0.05, 0) is 13.3 Å². The molecule has 0 bridgehead atoms. The number of carboxylic acids is 1. The molecule has 4 heteroatoms. The minimum absolute atomic E-state index is 0.150. The molecule has 0 aromatic heterocycles. The van der Waals surface area contributed by atoms with Gasteiger partial charge in [0.1, 0.15) is 5.92 Å². The van der Waals surface area contributed by atoms with Gasteiger partial charge in [0, 0.05) is 0 Å². The number of carbonyl (C=O) groups is 1. The van der Waals surface area contributed by atoms with Crippen LogP contribution >= 0.6 is 0 Å². The third-order valence-electron chi connectivity index (χ3n) is 1.32. The van der Waals surface area contributed by atoms with Gasteiger partial charge in [-0.1, -0.05) is 6.92 Å². The summed E-state index contributed by atoms with van der Waals surface area (Å²) in [4.78, 5) is 10.4. The molecule has 0 aromatic carbocycles. The van der Waals surface area contributed by atoms with Crippen molar-refractivity contribution in [3.05, 3.63) is 0 Å². The Bertz CT molecular complexity index is 156. The average molecular weight is 159 g/mol. The summed E-state index contributed by atoms with van der Waals surface area (Å²) in [5.74, 6) is -1.93. The van der Waals surface area contributed by atoms with Gasteiger partial charge in [-0.15, -0.1) is 0 Å². The van der Waals surface area contributed by atoms with Crippen molar-refractivity contribution in [1.29, 1.82) is 5.41 Å². The Morgan fingerprint density at radius 1 is 1.64 bits per heavy atom. The summed E-state index contributed by atoms with van der Waals surface area (Å²) in [5.41, 5.74) is 0. The van der Waals surface area contributed by atoms with Gasteiger partial charge in [-0.3, -0.25) is 10.2 Å². The Kier molecular flexibility index (Phi) is 4.26. The Hall–Kier alpha value is -1.06. The molecular formula is C7H13NO3. The Labute approximate surface area is 65.7 Å². The van der Waals surface area contributed by atoms with Crippen LogP contribution in [-0.2, 0) is 9.53 Å². The molecule has 0 saturated carbocycles. The first kappa shape index (κ1) is 9.94. The normalized spacial score (nSPS) is 12.2. The zero-order valence-electron chi connectivity index (χ0n) is 6.76. The number of rotatable bonds is 4. The topological polar surface area (TPSA) is 70.4 Å². The van der Waals surface area contributed by atoms with E-state index in [1.807, 2.05) is 0 Å². The fourth-order valence-electron chi connectivity index (χ4n) is 0.728. The van der Waals surface area contributed by atoms with Gasteiger partial charge in [0.05, 0.1) is 6.61 Å². The minimum atomic E-state index is -0.994. The third-order valence-corrected chi connectivity index (χ3v) is 1.32. The van der Waals surface area contributed by atoms with Crippen LogP contribution in [0, 0.1) is 11.3 Å². The second kappa shape index (κ2) is 4.71. The van der Waals surface area contributed by atoms with Crippen molar-refractivity contribution in [2.24, 2.45) is 5.92 Å². The van der Waals surface area contributed by atoms with Gasteiger partial charge in [-0.2, -0.15) is 0 Å². The molecule has 0 amide bonds. The van der Waals surface area contributed by atoms with E-state index in [9.17, 15) is 4.79 Å². The lowest BCUT2D eigenvalue weighted by atomic mass is 10.1. The molecule has 0 saturated heterocycles.